The highest BCUT2D eigenvalue weighted by Gasteiger charge is 2.39. The lowest BCUT2D eigenvalue weighted by Gasteiger charge is -2.27. The van der Waals surface area contributed by atoms with Gasteiger partial charge in [0.2, 0.25) is 6.35 Å². The molecule has 2 aliphatic rings. The average molecular weight is 345 g/mol. The fourth-order valence-corrected chi connectivity index (χ4v) is 2.69. The second kappa shape index (κ2) is 6.36. The monoisotopic (exact) mass is 345 g/mol. The van der Waals surface area contributed by atoms with E-state index < -0.39 is 30.0 Å². The van der Waals surface area contributed by atoms with E-state index in [1.807, 2.05) is 0 Å². The molecule has 1 aromatic rings. The van der Waals surface area contributed by atoms with Crippen LogP contribution in [0.4, 0.5) is 0 Å². The lowest BCUT2D eigenvalue weighted by molar-refractivity contribution is -0.141. The molecule has 0 saturated carbocycles. The van der Waals surface area contributed by atoms with Gasteiger partial charge in [0.05, 0.1) is 30.0 Å². The minimum atomic E-state index is -1.45. The van der Waals surface area contributed by atoms with Gasteiger partial charge in [0.15, 0.2) is 0 Å². The van der Waals surface area contributed by atoms with Gasteiger partial charge in [-0.3, -0.25) is 19.3 Å². The van der Waals surface area contributed by atoms with E-state index >= 15 is 0 Å². The molecule has 0 spiro atoms. The number of hydrogen-bond acceptors (Lipinski definition) is 7. The minimum Gasteiger partial charge on any atom is -0.462 e. The summed E-state index contributed by atoms with van der Waals surface area (Å²) in [5, 5.41) is 14.2. The zero-order chi connectivity index (χ0) is 18.1. The van der Waals surface area contributed by atoms with Crippen molar-refractivity contribution < 1.29 is 29.0 Å². The first-order valence-corrected chi connectivity index (χ1v) is 7.55. The SMILES string of the molecule is CCOC(=O)C1=C(CN2C(=O)c3ccccc3C2=O)NC(O)NC1=O. The van der Waals surface area contributed by atoms with E-state index in [9.17, 15) is 24.3 Å². The van der Waals surface area contributed by atoms with Crippen LogP contribution in [0.5, 0.6) is 0 Å². The van der Waals surface area contributed by atoms with Gasteiger partial charge in [-0.2, -0.15) is 0 Å². The molecule has 3 N–H and O–H groups in total. The van der Waals surface area contributed by atoms with E-state index in [1.165, 1.54) is 12.1 Å². The summed E-state index contributed by atoms with van der Waals surface area (Å²) in [5.41, 5.74) is 0.0334. The van der Waals surface area contributed by atoms with E-state index in [0.717, 1.165) is 4.90 Å². The number of ether oxygens (including phenoxy) is 1. The highest BCUT2D eigenvalue weighted by atomic mass is 16.5. The summed E-state index contributed by atoms with van der Waals surface area (Å²) >= 11 is 0. The van der Waals surface area contributed by atoms with Crippen LogP contribution in [0.15, 0.2) is 35.5 Å². The first kappa shape index (κ1) is 16.7. The Labute approximate surface area is 142 Å². The van der Waals surface area contributed by atoms with Crippen molar-refractivity contribution in [3.63, 3.8) is 0 Å². The molecule has 3 amide bonds. The molecule has 9 nitrogen and oxygen atoms in total. The highest BCUT2D eigenvalue weighted by molar-refractivity contribution is 6.22. The van der Waals surface area contributed by atoms with Gasteiger partial charge in [-0.15, -0.1) is 0 Å². The molecule has 0 saturated heterocycles. The van der Waals surface area contributed by atoms with E-state index in [0.29, 0.717) is 0 Å². The molecular weight excluding hydrogens is 330 g/mol. The third-order valence-corrected chi connectivity index (χ3v) is 3.78. The third-order valence-electron chi connectivity index (χ3n) is 3.78. The van der Waals surface area contributed by atoms with Gasteiger partial charge >= 0.3 is 5.97 Å². The maximum atomic E-state index is 12.4. The number of carbonyl (C=O) groups excluding carboxylic acids is 4. The Bertz CT molecular complexity index is 781. The van der Waals surface area contributed by atoms with Crippen LogP contribution in [0.2, 0.25) is 0 Å². The third kappa shape index (κ3) is 2.85. The number of fused-ring (bicyclic) bond motifs is 1. The zero-order valence-corrected chi connectivity index (χ0v) is 13.2. The molecule has 1 unspecified atom stereocenters. The van der Waals surface area contributed by atoms with Gasteiger partial charge in [0.1, 0.15) is 5.57 Å². The van der Waals surface area contributed by atoms with Crippen molar-refractivity contribution >= 4 is 23.7 Å². The predicted octanol–water partition coefficient (Wildman–Crippen LogP) is -0.905. The molecule has 130 valence electrons. The quantitative estimate of drug-likeness (QED) is 0.367. The number of aliphatic hydroxyl groups excluding tert-OH is 1. The Morgan fingerprint density at radius 2 is 1.76 bits per heavy atom. The largest absolute Gasteiger partial charge is 0.462 e. The summed E-state index contributed by atoms with van der Waals surface area (Å²) in [5.74, 6) is -2.85. The Kier molecular flexibility index (Phi) is 4.24. The van der Waals surface area contributed by atoms with E-state index in [-0.39, 0.29) is 35.5 Å². The van der Waals surface area contributed by atoms with Crippen LogP contribution in [0.1, 0.15) is 27.6 Å². The number of nitrogens with zero attached hydrogens (tertiary/aromatic N) is 1. The molecule has 1 atom stereocenters. The van der Waals surface area contributed by atoms with Gasteiger partial charge in [-0.25, -0.2) is 4.79 Å². The summed E-state index contributed by atoms with van der Waals surface area (Å²) in [6, 6.07) is 6.30. The van der Waals surface area contributed by atoms with E-state index in [2.05, 4.69) is 10.6 Å². The van der Waals surface area contributed by atoms with Crippen LogP contribution in [0, 0.1) is 0 Å². The summed E-state index contributed by atoms with van der Waals surface area (Å²) in [7, 11) is 0. The highest BCUT2D eigenvalue weighted by Crippen LogP contribution is 2.24. The number of rotatable bonds is 4. The standard InChI is InChI=1S/C16H15N3O6/c1-2-25-15(23)11-10(17-16(24)18-12(11)20)7-19-13(21)8-5-3-4-6-9(8)14(19)22/h3-6,16-17,24H,2,7H2,1H3,(H,18,20). The minimum absolute atomic E-state index is 0.0401. The Hall–Kier alpha value is -3.20. The van der Waals surface area contributed by atoms with Crippen molar-refractivity contribution in [2.45, 2.75) is 13.3 Å². The second-order valence-electron chi connectivity index (χ2n) is 5.34. The van der Waals surface area contributed by atoms with Crippen molar-refractivity contribution in [2.75, 3.05) is 13.2 Å². The molecule has 0 bridgehead atoms. The van der Waals surface area contributed by atoms with E-state index in [1.54, 1.807) is 19.1 Å². The van der Waals surface area contributed by atoms with Gasteiger partial charge in [-0.1, -0.05) is 12.1 Å². The maximum Gasteiger partial charge on any atom is 0.345 e. The van der Waals surface area contributed by atoms with Gasteiger partial charge in [0.25, 0.3) is 17.7 Å². The number of amides is 3. The fourth-order valence-electron chi connectivity index (χ4n) is 2.69. The molecule has 0 aromatic heterocycles. The normalized spacial score (nSPS) is 19.5. The molecule has 2 aliphatic heterocycles. The summed E-state index contributed by atoms with van der Waals surface area (Å²) in [4.78, 5) is 49.8. The number of imide groups is 1. The molecule has 0 radical (unpaired) electrons. The van der Waals surface area contributed by atoms with Gasteiger partial charge in [0, 0.05) is 0 Å². The van der Waals surface area contributed by atoms with Crippen LogP contribution in [-0.4, -0.2) is 53.2 Å². The first-order valence-electron chi connectivity index (χ1n) is 7.55. The lowest BCUT2D eigenvalue weighted by atomic mass is 10.1. The predicted molar refractivity (Wildman–Crippen MR) is 82.8 cm³/mol. The van der Waals surface area contributed by atoms with Crippen molar-refractivity contribution in [2.24, 2.45) is 0 Å². The molecule has 3 rings (SSSR count). The van der Waals surface area contributed by atoms with E-state index in [4.69, 9.17) is 4.74 Å². The molecule has 2 heterocycles. The van der Waals surface area contributed by atoms with Crippen LogP contribution in [-0.2, 0) is 14.3 Å². The van der Waals surface area contributed by atoms with Gasteiger partial charge < -0.3 is 20.5 Å². The topological polar surface area (TPSA) is 125 Å². The second-order valence-corrected chi connectivity index (χ2v) is 5.34. The zero-order valence-electron chi connectivity index (χ0n) is 13.2. The number of aliphatic hydroxyl groups is 1. The van der Waals surface area contributed by atoms with Crippen molar-refractivity contribution in [1.82, 2.24) is 15.5 Å². The van der Waals surface area contributed by atoms with Crippen LogP contribution < -0.4 is 10.6 Å². The van der Waals surface area contributed by atoms with Crippen LogP contribution in [0.25, 0.3) is 0 Å². The van der Waals surface area contributed by atoms with Crippen LogP contribution >= 0.6 is 0 Å². The summed E-state index contributed by atoms with van der Waals surface area (Å²) < 4.78 is 4.83. The molecule has 25 heavy (non-hydrogen) atoms. The smallest absolute Gasteiger partial charge is 0.345 e. The number of nitrogens with one attached hydrogen (secondary N) is 2. The summed E-state index contributed by atoms with van der Waals surface area (Å²) in [6.07, 6.45) is -1.45. The molecular formula is C16H15N3O6. The molecule has 9 heteroatoms. The maximum absolute atomic E-state index is 12.4. The fraction of sp³-hybridized carbons (Fsp3) is 0.250. The van der Waals surface area contributed by atoms with Gasteiger partial charge in [-0.05, 0) is 19.1 Å². The Morgan fingerprint density at radius 3 is 2.32 bits per heavy atom. The van der Waals surface area contributed by atoms with Crippen molar-refractivity contribution in [1.29, 1.82) is 0 Å². The molecule has 0 aliphatic carbocycles. The average Bonchev–Trinajstić information content (AvgIpc) is 2.80. The van der Waals surface area contributed by atoms with Crippen LogP contribution in [0.3, 0.4) is 0 Å². The number of carbonyl (C=O) groups is 4. The first-order chi connectivity index (χ1) is 11.9. The Morgan fingerprint density at radius 1 is 1.16 bits per heavy atom. The van der Waals surface area contributed by atoms with Crippen molar-refractivity contribution in [3.05, 3.63) is 46.7 Å². The lowest BCUT2D eigenvalue weighted by Crippen LogP contribution is -2.54. The molecule has 0 fully saturated rings. The van der Waals surface area contributed by atoms with Crippen molar-refractivity contribution in [3.8, 4) is 0 Å². The number of esters is 1. The number of hydrogen-bond donors (Lipinski definition) is 3. The number of benzene rings is 1. The Balaban J connectivity index is 1.95. The summed E-state index contributed by atoms with van der Waals surface area (Å²) in [6.45, 7) is 1.24. The molecule has 1 aromatic carbocycles.